The zero-order valence-corrected chi connectivity index (χ0v) is 8.38. The minimum Gasteiger partial charge on any atom is -0.368 e. The molecule has 1 aromatic heterocycles. The van der Waals surface area contributed by atoms with Gasteiger partial charge in [0.25, 0.3) is 0 Å². The van der Waals surface area contributed by atoms with Crippen LogP contribution in [0.2, 0.25) is 0 Å². The van der Waals surface area contributed by atoms with E-state index >= 15 is 0 Å². The molecule has 0 aliphatic heterocycles. The Hall–Kier alpha value is -1.22. The van der Waals surface area contributed by atoms with Crippen LogP contribution in [0.15, 0.2) is 5.16 Å². The van der Waals surface area contributed by atoms with E-state index in [1.165, 1.54) is 11.8 Å². The normalized spacial score (nSPS) is 12.4. The molecule has 0 radical (unpaired) electrons. The van der Waals surface area contributed by atoms with Gasteiger partial charge in [0, 0.05) is 7.05 Å². The molecule has 0 spiro atoms. The predicted molar refractivity (Wildman–Crippen MR) is 51.0 cm³/mol. The van der Waals surface area contributed by atoms with E-state index in [1.807, 2.05) is 6.92 Å². The van der Waals surface area contributed by atoms with Crippen LogP contribution >= 0.6 is 11.8 Å². The van der Waals surface area contributed by atoms with Crippen molar-refractivity contribution in [3.63, 3.8) is 0 Å². The fourth-order valence-electron chi connectivity index (χ4n) is 0.757. The highest BCUT2D eigenvalue weighted by Gasteiger charge is 2.12. The van der Waals surface area contributed by atoms with Crippen LogP contribution in [0, 0.1) is 11.3 Å². The van der Waals surface area contributed by atoms with E-state index in [9.17, 15) is 0 Å². The number of rotatable bonds is 3. The van der Waals surface area contributed by atoms with Gasteiger partial charge < -0.3 is 5.73 Å². The third kappa shape index (κ3) is 2.12. The van der Waals surface area contributed by atoms with Gasteiger partial charge in [0.2, 0.25) is 5.95 Å². The van der Waals surface area contributed by atoms with Gasteiger partial charge in [-0.1, -0.05) is 18.7 Å². The molecule has 0 saturated heterocycles. The van der Waals surface area contributed by atoms with E-state index < -0.39 is 0 Å². The van der Waals surface area contributed by atoms with Gasteiger partial charge in [-0.25, -0.2) is 0 Å². The molecule has 1 unspecified atom stereocenters. The van der Waals surface area contributed by atoms with E-state index in [0.29, 0.717) is 11.1 Å². The number of nitrogens with two attached hydrogens (primary N) is 1. The van der Waals surface area contributed by atoms with E-state index in [1.54, 1.807) is 11.6 Å². The lowest BCUT2D eigenvalue weighted by Crippen LogP contribution is -2.02. The first kappa shape index (κ1) is 9.86. The van der Waals surface area contributed by atoms with Crippen molar-refractivity contribution >= 4 is 17.7 Å². The molecule has 0 aliphatic carbocycles. The Balaban J connectivity index is 2.75. The summed E-state index contributed by atoms with van der Waals surface area (Å²) in [4.78, 5) is 0. The highest BCUT2D eigenvalue weighted by atomic mass is 32.2. The first-order chi connectivity index (χ1) is 6.19. The predicted octanol–water partition coefficient (Wildman–Crippen LogP) is 0.792. The lowest BCUT2D eigenvalue weighted by molar-refractivity contribution is 0.791. The summed E-state index contributed by atoms with van der Waals surface area (Å²) in [6.07, 6.45) is 0.786. The molecule has 70 valence electrons. The fraction of sp³-hybridized carbons (Fsp3) is 0.571. The van der Waals surface area contributed by atoms with Crippen LogP contribution in [0.25, 0.3) is 0 Å². The molecule has 0 bridgehead atoms. The Labute approximate surface area is 80.9 Å². The second kappa shape index (κ2) is 4.14. The van der Waals surface area contributed by atoms with Gasteiger partial charge in [0.15, 0.2) is 5.16 Å². The van der Waals surface area contributed by atoms with Crippen molar-refractivity contribution in [1.29, 1.82) is 5.26 Å². The van der Waals surface area contributed by atoms with Crippen molar-refractivity contribution < 1.29 is 0 Å². The fourth-order valence-corrected chi connectivity index (χ4v) is 1.57. The molecule has 1 rings (SSSR count). The van der Waals surface area contributed by atoms with Crippen LogP contribution < -0.4 is 5.73 Å². The summed E-state index contributed by atoms with van der Waals surface area (Å²) in [6.45, 7) is 1.96. The van der Waals surface area contributed by atoms with Crippen LogP contribution in [0.5, 0.6) is 0 Å². The average molecular weight is 197 g/mol. The highest BCUT2D eigenvalue weighted by Crippen LogP contribution is 2.23. The number of hydrogen-bond donors (Lipinski definition) is 1. The molecule has 1 heterocycles. The van der Waals surface area contributed by atoms with Crippen molar-refractivity contribution in [2.45, 2.75) is 23.8 Å². The van der Waals surface area contributed by atoms with E-state index in [0.717, 1.165) is 6.42 Å². The molecule has 0 amide bonds. The topological polar surface area (TPSA) is 80.5 Å². The molecule has 6 heteroatoms. The maximum Gasteiger partial charge on any atom is 0.222 e. The smallest absolute Gasteiger partial charge is 0.222 e. The number of anilines is 1. The molecule has 1 atom stereocenters. The first-order valence-corrected chi connectivity index (χ1v) is 4.78. The van der Waals surface area contributed by atoms with E-state index in [-0.39, 0.29) is 5.25 Å². The second-order valence-corrected chi connectivity index (χ2v) is 3.71. The Kier molecular flexibility index (Phi) is 3.14. The first-order valence-electron chi connectivity index (χ1n) is 3.90. The average Bonchev–Trinajstić information content (AvgIpc) is 2.45. The lowest BCUT2D eigenvalue weighted by Gasteiger charge is -2.03. The number of aromatic nitrogens is 3. The van der Waals surface area contributed by atoms with Gasteiger partial charge in [-0.3, -0.25) is 4.57 Å². The van der Waals surface area contributed by atoms with Crippen LogP contribution in [-0.2, 0) is 7.05 Å². The molecule has 13 heavy (non-hydrogen) atoms. The summed E-state index contributed by atoms with van der Waals surface area (Å²) in [7, 11) is 1.78. The number of nitrogens with zero attached hydrogens (tertiary/aromatic N) is 4. The molecule has 1 aromatic rings. The van der Waals surface area contributed by atoms with Crippen LogP contribution in [0.1, 0.15) is 13.3 Å². The van der Waals surface area contributed by atoms with Gasteiger partial charge in [-0.05, 0) is 6.42 Å². The van der Waals surface area contributed by atoms with E-state index in [4.69, 9.17) is 11.0 Å². The maximum absolute atomic E-state index is 8.73. The van der Waals surface area contributed by atoms with Crippen LogP contribution in [0.4, 0.5) is 5.95 Å². The lowest BCUT2D eigenvalue weighted by atomic mass is 10.4. The van der Waals surface area contributed by atoms with Crippen molar-refractivity contribution in [2.24, 2.45) is 7.05 Å². The number of nitrogen functional groups attached to an aromatic ring is 1. The Morgan fingerprint density at radius 2 is 2.38 bits per heavy atom. The van der Waals surface area contributed by atoms with Crippen molar-refractivity contribution in [1.82, 2.24) is 14.8 Å². The molecule has 0 aliphatic rings. The van der Waals surface area contributed by atoms with E-state index in [2.05, 4.69) is 16.3 Å². The minimum absolute atomic E-state index is 0.0812. The zero-order chi connectivity index (χ0) is 9.84. The largest absolute Gasteiger partial charge is 0.368 e. The van der Waals surface area contributed by atoms with Gasteiger partial charge in [0.05, 0.1) is 11.3 Å². The van der Waals surface area contributed by atoms with Crippen molar-refractivity contribution in [3.8, 4) is 6.07 Å². The summed E-state index contributed by atoms with van der Waals surface area (Å²) < 4.78 is 1.67. The standard InChI is InChI=1S/C7H11N5S/c1-3-5(4-8)13-7-11-10-6(9)12(7)2/h5H,3H2,1-2H3,(H2,9,10). The molecule has 0 fully saturated rings. The summed E-state index contributed by atoms with van der Waals surface area (Å²) >= 11 is 1.38. The van der Waals surface area contributed by atoms with Crippen molar-refractivity contribution in [3.05, 3.63) is 0 Å². The van der Waals surface area contributed by atoms with Gasteiger partial charge in [0.1, 0.15) is 0 Å². The van der Waals surface area contributed by atoms with Gasteiger partial charge >= 0.3 is 0 Å². The minimum atomic E-state index is -0.0812. The molecule has 5 nitrogen and oxygen atoms in total. The Bertz CT molecular complexity index is 326. The zero-order valence-electron chi connectivity index (χ0n) is 7.56. The molecular formula is C7H11N5S. The van der Waals surface area contributed by atoms with Crippen LogP contribution in [-0.4, -0.2) is 20.0 Å². The monoisotopic (exact) mass is 197 g/mol. The van der Waals surface area contributed by atoms with Gasteiger partial charge in [-0.15, -0.1) is 10.2 Å². The summed E-state index contributed by atoms with van der Waals surface area (Å²) in [6, 6.07) is 2.18. The Morgan fingerprint density at radius 1 is 1.69 bits per heavy atom. The summed E-state index contributed by atoms with van der Waals surface area (Å²) in [5, 5.41) is 16.9. The molecule has 0 saturated carbocycles. The summed E-state index contributed by atoms with van der Waals surface area (Å²) in [5.74, 6) is 0.371. The Morgan fingerprint density at radius 3 is 2.77 bits per heavy atom. The van der Waals surface area contributed by atoms with Crippen LogP contribution in [0.3, 0.4) is 0 Å². The second-order valence-electron chi connectivity index (χ2n) is 2.54. The maximum atomic E-state index is 8.73. The number of thioether (sulfide) groups is 1. The molecule has 0 aromatic carbocycles. The highest BCUT2D eigenvalue weighted by molar-refractivity contribution is 8.00. The summed E-state index contributed by atoms with van der Waals surface area (Å²) in [5.41, 5.74) is 5.49. The van der Waals surface area contributed by atoms with Crippen molar-refractivity contribution in [2.75, 3.05) is 5.73 Å². The molecular weight excluding hydrogens is 186 g/mol. The third-order valence-corrected chi connectivity index (χ3v) is 2.92. The number of hydrogen-bond acceptors (Lipinski definition) is 5. The molecule has 2 N–H and O–H groups in total. The number of nitriles is 1. The van der Waals surface area contributed by atoms with Gasteiger partial charge in [-0.2, -0.15) is 5.26 Å². The SMILES string of the molecule is CCC(C#N)Sc1nnc(N)n1C. The quantitative estimate of drug-likeness (QED) is 0.724. The third-order valence-electron chi connectivity index (χ3n) is 1.63.